The highest BCUT2D eigenvalue weighted by molar-refractivity contribution is 6.30. The molecule has 1 aromatic carbocycles. The first-order chi connectivity index (χ1) is 7.83. The molecule has 0 N–H and O–H groups in total. The van der Waals surface area contributed by atoms with Gasteiger partial charge in [-0.2, -0.15) is 15.0 Å². The number of nitrogens with zero attached hydrogens (tertiary/aromatic N) is 3. The van der Waals surface area contributed by atoms with Crippen LogP contribution in [-0.2, 0) is 12.8 Å². The van der Waals surface area contributed by atoms with Crippen molar-refractivity contribution >= 4 is 11.6 Å². The highest BCUT2D eigenvalue weighted by Gasteiger charge is 2.15. The van der Waals surface area contributed by atoms with E-state index in [2.05, 4.69) is 10.2 Å². The minimum absolute atomic E-state index is 0.737. The van der Waals surface area contributed by atoms with Gasteiger partial charge in [-0.25, -0.2) is 0 Å². The summed E-state index contributed by atoms with van der Waals surface area (Å²) >= 11 is 5.85. The normalized spacial score (nSPS) is 14.8. The molecule has 0 unspecified atom stereocenters. The molecule has 1 aromatic heterocycles. The van der Waals surface area contributed by atoms with Crippen molar-refractivity contribution < 1.29 is 0 Å². The van der Waals surface area contributed by atoms with Gasteiger partial charge in [-0.3, -0.25) is 0 Å². The second kappa shape index (κ2) is 3.91. The fourth-order valence-electron chi connectivity index (χ4n) is 2.03. The first-order valence-electron chi connectivity index (χ1n) is 5.54. The van der Waals surface area contributed by atoms with E-state index in [1.807, 2.05) is 24.3 Å². The van der Waals surface area contributed by atoms with Gasteiger partial charge in [0.2, 0.25) is 0 Å². The lowest BCUT2D eigenvalue weighted by molar-refractivity contribution is 0.667. The van der Waals surface area contributed by atoms with E-state index in [1.165, 1.54) is 12.8 Å². The van der Waals surface area contributed by atoms with Crippen molar-refractivity contribution in [1.82, 2.24) is 15.0 Å². The molecule has 1 heterocycles. The third-order valence-electron chi connectivity index (χ3n) is 2.90. The highest BCUT2D eigenvalue weighted by atomic mass is 35.5. The van der Waals surface area contributed by atoms with E-state index in [4.69, 9.17) is 11.6 Å². The number of hydrogen-bond donors (Lipinski definition) is 0. The topological polar surface area (TPSA) is 30.7 Å². The van der Waals surface area contributed by atoms with Crippen molar-refractivity contribution in [3.63, 3.8) is 0 Å². The Kier molecular flexibility index (Phi) is 2.40. The summed E-state index contributed by atoms with van der Waals surface area (Å²) in [5.74, 6) is 0. The van der Waals surface area contributed by atoms with Crippen LogP contribution < -0.4 is 0 Å². The van der Waals surface area contributed by atoms with Crippen LogP contribution in [0.15, 0.2) is 24.3 Å². The average Bonchev–Trinajstić information content (AvgIpc) is 2.73. The first kappa shape index (κ1) is 9.85. The molecule has 0 bridgehead atoms. The molecule has 0 saturated carbocycles. The van der Waals surface area contributed by atoms with E-state index >= 15 is 0 Å². The van der Waals surface area contributed by atoms with Gasteiger partial charge in [0.05, 0.1) is 17.1 Å². The number of aromatic nitrogens is 3. The van der Waals surface area contributed by atoms with Gasteiger partial charge in [0.1, 0.15) is 0 Å². The molecule has 1 aliphatic carbocycles. The van der Waals surface area contributed by atoms with Crippen molar-refractivity contribution in [3.8, 4) is 5.69 Å². The highest BCUT2D eigenvalue weighted by Crippen LogP contribution is 2.19. The van der Waals surface area contributed by atoms with E-state index in [1.54, 1.807) is 4.80 Å². The van der Waals surface area contributed by atoms with Crippen LogP contribution in [0.3, 0.4) is 0 Å². The van der Waals surface area contributed by atoms with E-state index in [-0.39, 0.29) is 0 Å². The Balaban J connectivity index is 2.00. The fraction of sp³-hybridized carbons (Fsp3) is 0.333. The molecule has 0 saturated heterocycles. The molecular weight excluding hydrogens is 222 g/mol. The first-order valence-corrected chi connectivity index (χ1v) is 5.92. The van der Waals surface area contributed by atoms with Gasteiger partial charge in [0, 0.05) is 5.02 Å². The van der Waals surface area contributed by atoms with Crippen molar-refractivity contribution in [2.24, 2.45) is 0 Å². The number of halogens is 1. The van der Waals surface area contributed by atoms with Crippen LogP contribution in [0.2, 0.25) is 5.02 Å². The summed E-state index contributed by atoms with van der Waals surface area (Å²) in [5, 5.41) is 9.76. The van der Waals surface area contributed by atoms with Gasteiger partial charge in [-0.15, -0.1) is 0 Å². The lowest BCUT2D eigenvalue weighted by Gasteiger charge is -2.04. The van der Waals surface area contributed by atoms with Crippen molar-refractivity contribution in [2.45, 2.75) is 25.7 Å². The Morgan fingerprint density at radius 1 is 0.938 bits per heavy atom. The van der Waals surface area contributed by atoms with Crippen LogP contribution in [0.25, 0.3) is 5.69 Å². The molecule has 3 rings (SSSR count). The molecule has 0 amide bonds. The minimum atomic E-state index is 0.737. The molecule has 3 nitrogen and oxygen atoms in total. The summed E-state index contributed by atoms with van der Waals surface area (Å²) in [6.07, 6.45) is 4.57. The van der Waals surface area contributed by atoms with Gasteiger partial charge in [0.15, 0.2) is 0 Å². The quantitative estimate of drug-likeness (QED) is 0.758. The summed E-state index contributed by atoms with van der Waals surface area (Å²) in [5.41, 5.74) is 3.28. The largest absolute Gasteiger partial charge is 0.153 e. The third-order valence-corrected chi connectivity index (χ3v) is 3.15. The number of aryl methyl sites for hydroxylation is 2. The standard InChI is InChI=1S/C12H12ClN3/c13-9-5-7-10(8-6-9)16-14-11-3-1-2-4-12(11)15-16/h5-8H,1-4H2. The van der Waals surface area contributed by atoms with Crippen LogP contribution in [0.4, 0.5) is 0 Å². The Morgan fingerprint density at radius 2 is 1.50 bits per heavy atom. The number of benzene rings is 1. The Bertz CT molecular complexity index is 478. The molecule has 0 radical (unpaired) electrons. The average molecular weight is 234 g/mol. The zero-order chi connectivity index (χ0) is 11.0. The maximum absolute atomic E-state index is 5.85. The molecule has 0 atom stereocenters. The summed E-state index contributed by atoms with van der Waals surface area (Å²) in [6, 6.07) is 7.60. The van der Waals surface area contributed by atoms with Crippen molar-refractivity contribution in [1.29, 1.82) is 0 Å². The predicted molar refractivity (Wildman–Crippen MR) is 63.0 cm³/mol. The maximum atomic E-state index is 5.85. The van der Waals surface area contributed by atoms with Crippen LogP contribution >= 0.6 is 11.6 Å². The Labute approximate surface area is 99.0 Å². The van der Waals surface area contributed by atoms with Gasteiger partial charge in [-0.05, 0) is 49.9 Å². The monoisotopic (exact) mass is 233 g/mol. The van der Waals surface area contributed by atoms with Crippen molar-refractivity contribution in [3.05, 3.63) is 40.7 Å². The molecule has 0 fully saturated rings. The minimum Gasteiger partial charge on any atom is -0.153 e. The fourth-order valence-corrected chi connectivity index (χ4v) is 2.16. The molecular formula is C12H12ClN3. The number of rotatable bonds is 1. The molecule has 0 spiro atoms. The van der Waals surface area contributed by atoms with E-state index in [9.17, 15) is 0 Å². The van der Waals surface area contributed by atoms with Gasteiger partial charge < -0.3 is 0 Å². The zero-order valence-electron chi connectivity index (χ0n) is 8.86. The molecule has 1 aliphatic rings. The summed E-state index contributed by atoms with van der Waals surface area (Å²) in [4.78, 5) is 1.71. The smallest absolute Gasteiger partial charge is 0.0863 e. The second-order valence-corrected chi connectivity index (χ2v) is 4.50. The lowest BCUT2D eigenvalue weighted by atomic mass is 10.0. The summed E-state index contributed by atoms with van der Waals surface area (Å²) in [6.45, 7) is 0. The van der Waals surface area contributed by atoms with Crippen LogP contribution in [0, 0.1) is 0 Å². The third kappa shape index (κ3) is 1.71. The molecule has 16 heavy (non-hydrogen) atoms. The number of hydrogen-bond acceptors (Lipinski definition) is 2. The van der Waals surface area contributed by atoms with E-state index < -0.39 is 0 Å². The zero-order valence-corrected chi connectivity index (χ0v) is 9.61. The van der Waals surface area contributed by atoms with E-state index in [0.717, 1.165) is 34.9 Å². The van der Waals surface area contributed by atoms with Crippen LogP contribution in [0.1, 0.15) is 24.2 Å². The Hall–Kier alpha value is -1.35. The van der Waals surface area contributed by atoms with Crippen molar-refractivity contribution in [2.75, 3.05) is 0 Å². The predicted octanol–water partition coefficient (Wildman–Crippen LogP) is 2.80. The van der Waals surface area contributed by atoms with E-state index in [0.29, 0.717) is 0 Å². The van der Waals surface area contributed by atoms with Crippen LogP contribution in [-0.4, -0.2) is 15.0 Å². The molecule has 2 aromatic rings. The molecule has 82 valence electrons. The molecule has 0 aliphatic heterocycles. The Morgan fingerprint density at radius 3 is 2.06 bits per heavy atom. The van der Waals surface area contributed by atoms with Crippen LogP contribution in [0.5, 0.6) is 0 Å². The SMILES string of the molecule is Clc1ccc(-n2nc3c(n2)CCCC3)cc1. The lowest BCUT2D eigenvalue weighted by Crippen LogP contribution is -2.00. The molecule has 4 heteroatoms. The van der Waals surface area contributed by atoms with Gasteiger partial charge >= 0.3 is 0 Å². The van der Waals surface area contributed by atoms with Gasteiger partial charge in [0.25, 0.3) is 0 Å². The summed E-state index contributed by atoms with van der Waals surface area (Å²) < 4.78 is 0. The number of fused-ring (bicyclic) bond motifs is 1. The maximum Gasteiger partial charge on any atom is 0.0863 e. The second-order valence-electron chi connectivity index (χ2n) is 4.07. The summed E-state index contributed by atoms with van der Waals surface area (Å²) in [7, 11) is 0. The van der Waals surface area contributed by atoms with Gasteiger partial charge in [-0.1, -0.05) is 11.6 Å².